The molecule has 1 atom stereocenters. The molecule has 46 heavy (non-hydrogen) atoms. The van der Waals surface area contributed by atoms with Gasteiger partial charge in [-0.2, -0.15) is 4.98 Å². The van der Waals surface area contributed by atoms with Gasteiger partial charge in [-0.05, 0) is 79.5 Å². The van der Waals surface area contributed by atoms with Crippen LogP contribution in [0.4, 0.5) is 34.5 Å². The number of halogens is 1. The first-order valence-electron chi connectivity index (χ1n) is 15.7. The fourth-order valence-corrected chi connectivity index (χ4v) is 7.51. The van der Waals surface area contributed by atoms with Crippen LogP contribution in [0.2, 0.25) is 0 Å². The highest BCUT2D eigenvalue weighted by atomic mass is 79.9. The van der Waals surface area contributed by atoms with Crippen LogP contribution in [0.15, 0.2) is 34.9 Å². The minimum Gasteiger partial charge on any atom is -0.494 e. The van der Waals surface area contributed by atoms with E-state index in [0.717, 1.165) is 49.0 Å². The molecule has 3 aromatic rings. The first kappa shape index (κ1) is 32.6. The zero-order chi connectivity index (χ0) is 32.6. The van der Waals surface area contributed by atoms with Crippen LogP contribution in [0, 0.1) is 6.92 Å². The van der Waals surface area contributed by atoms with E-state index in [2.05, 4.69) is 84.1 Å². The van der Waals surface area contributed by atoms with Crippen LogP contribution in [0.25, 0.3) is 0 Å². The Bertz CT molecular complexity index is 1700. The number of benzene rings is 2. The molecule has 2 aromatic carbocycles. The molecule has 0 amide bonds. The number of aromatic nitrogens is 2. The van der Waals surface area contributed by atoms with E-state index in [1.165, 1.54) is 25.2 Å². The Morgan fingerprint density at radius 2 is 1.83 bits per heavy atom. The molecule has 6 rings (SSSR count). The van der Waals surface area contributed by atoms with E-state index in [0.29, 0.717) is 64.2 Å². The predicted octanol–water partition coefficient (Wildman–Crippen LogP) is 4.95. The number of nitrogens with one attached hydrogen (secondary N) is 3. The average Bonchev–Trinajstić information content (AvgIpc) is 3.69. The summed E-state index contributed by atoms with van der Waals surface area (Å²) in [6, 6.07) is 9.06. The molecule has 2 saturated heterocycles. The van der Waals surface area contributed by atoms with Crippen LogP contribution < -0.4 is 29.7 Å². The molecular weight excluding hydrogens is 672 g/mol. The monoisotopic (exact) mass is 714 g/mol. The summed E-state index contributed by atoms with van der Waals surface area (Å²) in [4.78, 5) is 16.7. The van der Waals surface area contributed by atoms with Crippen molar-refractivity contribution in [3.63, 3.8) is 0 Å². The number of piperidine rings is 1. The standard InChI is InChI=1S/C32H43BrN8O4S/c1-20-14-27(30(44-4)17-28(20)40-10-6-22(7-11-40)41-12-8-23(19-41)39(2)3)36-32-34-18-24(33)31(37-32)35-25-16-29-21(9-13-45-29)15-26(25)38-46(5,42)43/h14-18,22-23,38H,6-13,19H2,1-5H3,(H2,34,35,36,37). The minimum atomic E-state index is -3.51. The molecule has 0 spiro atoms. The van der Waals surface area contributed by atoms with Gasteiger partial charge in [-0.1, -0.05) is 0 Å². The van der Waals surface area contributed by atoms with Gasteiger partial charge in [0.1, 0.15) is 17.3 Å². The SMILES string of the molecule is COc1cc(N2CCC(N3CCC(N(C)C)C3)CC2)c(C)cc1Nc1ncc(Br)c(Nc2cc3c(cc2NS(C)(=O)=O)CCO3)n1. The third-order valence-electron chi connectivity index (χ3n) is 9.13. The Morgan fingerprint density at radius 1 is 1.04 bits per heavy atom. The molecule has 4 heterocycles. The molecule has 3 aliphatic heterocycles. The van der Waals surface area contributed by atoms with E-state index in [1.807, 2.05) is 0 Å². The molecule has 3 aliphatic rings. The van der Waals surface area contributed by atoms with Crippen molar-refractivity contribution in [3.05, 3.63) is 46.1 Å². The predicted molar refractivity (Wildman–Crippen MR) is 187 cm³/mol. The largest absolute Gasteiger partial charge is 0.494 e. The van der Waals surface area contributed by atoms with Crippen molar-refractivity contribution in [3.8, 4) is 11.5 Å². The summed E-state index contributed by atoms with van der Waals surface area (Å²) in [5.41, 5.74) is 4.95. The van der Waals surface area contributed by atoms with Gasteiger partial charge in [0.05, 0.1) is 41.5 Å². The molecule has 14 heteroatoms. The Labute approximate surface area is 280 Å². The topological polar surface area (TPSA) is 124 Å². The normalized spacial score (nSPS) is 18.8. The van der Waals surface area contributed by atoms with E-state index in [4.69, 9.17) is 14.5 Å². The third-order valence-corrected chi connectivity index (χ3v) is 10.3. The second-order valence-corrected chi connectivity index (χ2v) is 15.2. The van der Waals surface area contributed by atoms with Gasteiger partial charge in [0, 0.05) is 68.7 Å². The smallest absolute Gasteiger partial charge is 0.229 e. The molecule has 0 saturated carbocycles. The van der Waals surface area contributed by atoms with E-state index in [-0.39, 0.29) is 0 Å². The van der Waals surface area contributed by atoms with Crippen molar-refractivity contribution in [2.24, 2.45) is 0 Å². The number of methoxy groups -OCH3 is 1. The third kappa shape index (κ3) is 7.29. The van der Waals surface area contributed by atoms with E-state index >= 15 is 0 Å². The van der Waals surface area contributed by atoms with Crippen LogP contribution in [0.1, 0.15) is 30.4 Å². The average molecular weight is 716 g/mol. The molecule has 12 nitrogen and oxygen atoms in total. The van der Waals surface area contributed by atoms with Crippen molar-refractivity contribution < 1.29 is 17.9 Å². The van der Waals surface area contributed by atoms with Gasteiger partial charge in [-0.3, -0.25) is 9.62 Å². The van der Waals surface area contributed by atoms with Gasteiger partial charge < -0.3 is 29.9 Å². The summed E-state index contributed by atoms with van der Waals surface area (Å²) in [5.74, 6) is 2.22. The lowest BCUT2D eigenvalue weighted by atomic mass is 10.0. The van der Waals surface area contributed by atoms with Crippen molar-refractivity contribution in [2.45, 2.75) is 44.7 Å². The lowest BCUT2D eigenvalue weighted by molar-refractivity contribution is 0.189. The molecule has 0 bridgehead atoms. The maximum Gasteiger partial charge on any atom is 0.229 e. The van der Waals surface area contributed by atoms with Crippen molar-refractivity contribution >= 4 is 60.5 Å². The summed E-state index contributed by atoms with van der Waals surface area (Å²) >= 11 is 3.53. The maximum atomic E-state index is 12.1. The lowest BCUT2D eigenvalue weighted by Gasteiger charge is -2.38. The molecule has 1 aromatic heterocycles. The Kier molecular flexibility index (Phi) is 9.51. The van der Waals surface area contributed by atoms with E-state index in [1.54, 1.807) is 25.4 Å². The first-order chi connectivity index (χ1) is 22.0. The number of hydrogen-bond donors (Lipinski definition) is 3. The molecule has 1 unspecified atom stereocenters. The maximum absolute atomic E-state index is 12.1. The lowest BCUT2D eigenvalue weighted by Crippen LogP contribution is -2.45. The molecule has 3 N–H and O–H groups in total. The van der Waals surface area contributed by atoms with Crippen LogP contribution >= 0.6 is 15.9 Å². The molecular formula is C32H43BrN8O4S. The van der Waals surface area contributed by atoms with Gasteiger partial charge in [0.2, 0.25) is 16.0 Å². The van der Waals surface area contributed by atoms with E-state index in [9.17, 15) is 8.42 Å². The van der Waals surface area contributed by atoms with Crippen LogP contribution in [0.3, 0.4) is 0 Å². The molecule has 0 radical (unpaired) electrons. The summed E-state index contributed by atoms with van der Waals surface area (Å²) < 4.78 is 39.0. The van der Waals surface area contributed by atoms with Crippen molar-refractivity contribution in [1.82, 2.24) is 19.8 Å². The zero-order valence-electron chi connectivity index (χ0n) is 27.1. The minimum absolute atomic E-state index is 0.355. The fraction of sp³-hybridized carbons (Fsp3) is 0.500. The number of fused-ring (bicyclic) bond motifs is 1. The Morgan fingerprint density at radius 3 is 2.52 bits per heavy atom. The fourth-order valence-electron chi connectivity index (χ4n) is 6.65. The number of anilines is 6. The molecule has 2 fully saturated rings. The van der Waals surface area contributed by atoms with E-state index < -0.39 is 10.0 Å². The number of sulfonamides is 1. The summed E-state index contributed by atoms with van der Waals surface area (Å²) in [5, 5.41) is 6.58. The number of ether oxygens (including phenoxy) is 2. The van der Waals surface area contributed by atoms with Gasteiger partial charge in [-0.25, -0.2) is 13.4 Å². The Balaban J connectivity index is 1.17. The van der Waals surface area contributed by atoms with Crippen molar-refractivity contribution in [1.29, 1.82) is 0 Å². The number of hydrogen-bond acceptors (Lipinski definition) is 11. The molecule has 0 aliphatic carbocycles. The van der Waals surface area contributed by atoms with Crippen LogP contribution in [0.5, 0.6) is 11.5 Å². The van der Waals surface area contributed by atoms with Gasteiger partial charge in [0.15, 0.2) is 0 Å². The number of likely N-dealkylation sites (tertiary alicyclic amines) is 1. The van der Waals surface area contributed by atoms with Gasteiger partial charge >= 0.3 is 0 Å². The second-order valence-electron chi connectivity index (χ2n) is 12.6. The number of nitrogens with zero attached hydrogens (tertiary/aromatic N) is 5. The number of likely N-dealkylation sites (N-methyl/N-ethyl adjacent to an activating group) is 1. The second kappa shape index (κ2) is 13.4. The van der Waals surface area contributed by atoms with Crippen molar-refractivity contribution in [2.75, 3.05) is 80.5 Å². The zero-order valence-corrected chi connectivity index (χ0v) is 29.5. The summed E-state index contributed by atoms with van der Waals surface area (Å²) in [6.45, 7) is 7.06. The van der Waals surface area contributed by atoms with Crippen LogP contribution in [-0.2, 0) is 16.4 Å². The van der Waals surface area contributed by atoms with Crippen LogP contribution in [-0.4, -0.2) is 101 Å². The first-order valence-corrected chi connectivity index (χ1v) is 18.3. The highest BCUT2D eigenvalue weighted by Gasteiger charge is 2.32. The summed E-state index contributed by atoms with van der Waals surface area (Å²) in [6.07, 6.45) is 7.05. The highest BCUT2D eigenvalue weighted by molar-refractivity contribution is 9.10. The Hall–Kier alpha value is -3.33. The number of aryl methyl sites for hydroxylation is 1. The van der Waals surface area contributed by atoms with Gasteiger partial charge in [-0.15, -0.1) is 0 Å². The quantitative estimate of drug-likeness (QED) is 0.264. The van der Waals surface area contributed by atoms with Gasteiger partial charge in [0.25, 0.3) is 0 Å². The number of rotatable bonds is 10. The highest BCUT2D eigenvalue weighted by Crippen LogP contribution is 2.39. The molecule has 248 valence electrons. The summed E-state index contributed by atoms with van der Waals surface area (Å²) in [7, 11) is 2.53.